The Morgan fingerprint density at radius 3 is 2.51 bits per heavy atom. The van der Waals surface area contributed by atoms with E-state index in [1.165, 1.54) is 35.5 Å². The van der Waals surface area contributed by atoms with Crippen molar-refractivity contribution in [3.8, 4) is 23.1 Å². The minimum atomic E-state index is -4.62. The number of nitrogens with zero attached hydrogens (tertiary/aromatic N) is 4. The zero-order chi connectivity index (χ0) is 47.3. The van der Waals surface area contributed by atoms with Gasteiger partial charge in [0.05, 0.1) is 34.1 Å². The minimum Gasteiger partial charge on any atom is -0.489 e. The number of piperidine rings is 1. The zero-order valence-electron chi connectivity index (χ0n) is 38.8. The molecule has 9 rings (SSSR count). The third kappa shape index (κ3) is 9.68. The topological polar surface area (TPSA) is 188 Å². The number of benzene rings is 3. The highest BCUT2D eigenvalue weighted by Crippen LogP contribution is 2.45. The maximum absolute atomic E-state index is 14.9. The summed E-state index contributed by atoms with van der Waals surface area (Å²) in [5, 5.41) is 17.0. The molecule has 17 heteroatoms. The summed E-state index contributed by atoms with van der Waals surface area (Å²) >= 11 is 0. The van der Waals surface area contributed by atoms with Gasteiger partial charge in [0.1, 0.15) is 40.9 Å². The molecule has 0 radical (unpaired) electrons. The molecule has 2 aromatic heterocycles. The number of carbonyl (C=O) groups is 1. The number of aromatic amines is 1. The normalized spacial score (nSPS) is 21.7. The lowest BCUT2D eigenvalue weighted by Crippen LogP contribution is -2.60. The smallest absolute Gasteiger partial charge is 0.268 e. The number of amides is 1. The van der Waals surface area contributed by atoms with Crippen LogP contribution in [0.15, 0.2) is 76.9 Å². The highest BCUT2D eigenvalue weighted by molar-refractivity contribution is 7.90. The van der Waals surface area contributed by atoms with E-state index in [0.29, 0.717) is 12.8 Å². The molecule has 3 fully saturated rings. The molecule has 1 saturated carbocycles. The number of pyridine rings is 1. The van der Waals surface area contributed by atoms with Crippen LogP contribution in [0.25, 0.3) is 11.0 Å². The first-order valence-electron chi connectivity index (χ1n) is 23.3. The summed E-state index contributed by atoms with van der Waals surface area (Å²) in [6.07, 6.45) is 6.90. The number of fused-ring (bicyclic) bond motifs is 2. The van der Waals surface area contributed by atoms with E-state index in [1.54, 1.807) is 19.1 Å². The Morgan fingerprint density at radius 1 is 1.04 bits per heavy atom. The summed E-state index contributed by atoms with van der Waals surface area (Å²) in [4.78, 5) is 37.9. The number of nitrogens with one attached hydrogen (secondary N) is 3. The van der Waals surface area contributed by atoms with Crippen LogP contribution in [0, 0.1) is 22.1 Å². The van der Waals surface area contributed by atoms with Gasteiger partial charge in [-0.25, -0.2) is 17.5 Å². The Morgan fingerprint density at radius 2 is 1.79 bits per heavy atom. The quantitative estimate of drug-likeness (QED) is 0.0822. The van der Waals surface area contributed by atoms with Crippen LogP contribution in [0.5, 0.6) is 23.1 Å². The summed E-state index contributed by atoms with van der Waals surface area (Å²) in [5.41, 5.74) is 3.34. The molecule has 67 heavy (non-hydrogen) atoms. The first-order chi connectivity index (χ1) is 31.9. The van der Waals surface area contributed by atoms with Crippen molar-refractivity contribution in [1.82, 2.24) is 19.6 Å². The molecule has 0 unspecified atom stereocenters. The standard InChI is InChI=1S/C50H60FN7O8S/c1-6-64-47-43(26-36-38(51)27-52-45(36)54-47)66-41-23-33(58-21-18-50(19-22-58)29-57(30-50)20-15-31-9-7-8-10-37(31)48(2,3)4)11-12-35(41)46(59)56-67(62,63)34-24-39(55-61)44-42(25-34)65-28-40(53-44)32-13-16-49(5,60)17-14-32/h7-12,23-27,32,40,53,60H,6,13-22,28-30H2,1-5H3,(H,52,54)(H,56,59)/t32-,40-,49-/m1/s1. The molecule has 5 heterocycles. The Kier molecular flexibility index (Phi) is 12.5. The van der Waals surface area contributed by atoms with Gasteiger partial charge in [0.2, 0.25) is 0 Å². The molecule has 15 nitrogen and oxygen atoms in total. The van der Waals surface area contributed by atoms with Crippen molar-refractivity contribution in [3.63, 3.8) is 0 Å². The Bertz CT molecular complexity index is 2780. The number of nitroso groups, excluding NO2 is 1. The molecule has 3 aromatic carbocycles. The molecular formula is C50H60FN7O8S. The van der Waals surface area contributed by atoms with Crippen LogP contribution < -0.4 is 29.1 Å². The summed E-state index contributed by atoms with van der Waals surface area (Å²) in [5.74, 6) is -1.22. The predicted molar refractivity (Wildman–Crippen MR) is 255 cm³/mol. The molecule has 3 aliphatic heterocycles. The van der Waals surface area contributed by atoms with E-state index in [9.17, 15) is 27.6 Å². The number of halogens is 1. The molecule has 1 amide bonds. The summed E-state index contributed by atoms with van der Waals surface area (Å²) < 4.78 is 63.3. The number of sulfonamides is 1. The summed E-state index contributed by atoms with van der Waals surface area (Å²) in [6.45, 7) is 15.4. The number of hydrogen-bond donors (Lipinski definition) is 4. The summed E-state index contributed by atoms with van der Waals surface area (Å²) in [6, 6.07) is 17.3. The summed E-state index contributed by atoms with van der Waals surface area (Å²) in [7, 11) is -4.62. The number of carbonyl (C=O) groups excluding carboxylic acids is 1. The molecule has 1 spiro atoms. The predicted octanol–water partition coefficient (Wildman–Crippen LogP) is 8.97. The molecule has 2 saturated heterocycles. The fraction of sp³-hybridized carbons (Fsp3) is 0.480. The molecule has 4 N–H and O–H groups in total. The Labute approximate surface area is 390 Å². The molecule has 356 valence electrons. The van der Waals surface area contributed by atoms with E-state index in [-0.39, 0.29) is 87.1 Å². The van der Waals surface area contributed by atoms with Crippen LogP contribution in [-0.4, -0.2) is 91.9 Å². The number of aliphatic hydroxyl groups is 1. The van der Waals surface area contributed by atoms with Crippen LogP contribution in [0.4, 0.5) is 21.5 Å². The van der Waals surface area contributed by atoms with Gasteiger partial charge >= 0.3 is 0 Å². The van der Waals surface area contributed by atoms with Gasteiger partial charge in [0, 0.05) is 62.8 Å². The van der Waals surface area contributed by atoms with Crippen molar-refractivity contribution in [1.29, 1.82) is 0 Å². The van der Waals surface area contributed by atoms with E-state index in [0.717, 1.165) is 76.6 Å². The lowest BCUT2D eigenvalue weighted by Gasteiger charge is -2.54. The lowest BCUT2D eigenvalue weighted by atomic mass is 9.71. The van der Waals surface area contributed by atoms with Gasteiger partial charge in [-0.2, -0.15) is 4.98 Å². The molecule has 4 aliphatic rings. The zero-order valence-corrected chi connectivity index (χ0v) is 39.6. The van der Waals surface area contributed by atoms with Crippen LogP contribution in [0.3, 0.4) is 0 Å². The Hall–Kier alpha value is -5.78. The van der Waals surface area contributed by atoms with Gasteiger partial charge < -0.3 is 39.4 Å². The first-order valence-corrected chi connectivity index (χ1v) is 24.8. The number of H-pyrrole nitrogens is 1. The monoisotopic (exact) mass is 937 g/mol. The fourth-order valence-corrected chi connectivity index (χ4v) is 11.4. The van der Waals surface area contributed by atoms with Gasteiger partial charge in [0.25, 0.3) is 21.8 Å². The van der Waals surface area contributed by atoms with Crippen LogP contribution in [0.2, 0.25) is 0 Å². The maximum atomic E-state index is 14.9. The van der Waals surface area contributed by atoms with E-state index in [4.69, 9.17) is 14.2 Å². The highest BCUT2D eigenvalue weighted by Gasteiger charge is 2.45. The first kappa shape index (κ1) is 46.3. The van der Waals surface area contributed by atoms with Crippen molar-refractivity contribution in [2.75, 3.05) is 56.2 Å². The highest BCUT2D eigenvalue weighted by atomic mass is 32.2. The number of likely N-dealkylation sites (tertiary alicyclic amines) is 1. The third-order valence-corrected chi connectivity index (χ3v) is 15.5. The number of aromatic nitrogens is 2. The van der Waals surface area contributed by atoms with Crippen LogP contribution in [0.1, 0.15) is 94.6 Å². The van der Waals surface area contributed by atoms with Crippen molar-refractivity contribution in [3.05, 3.63) is 94.3 Å². The van der Waals surface area contributed by atoms with Crippen LogP contribution in [-0.2, 0) is 21.9 Å². The largest absolute Gasteiger partial charge is 0.489 e. The van der Waals surface area contributed by atoms with Crippen molar-refractivity contribution < 1.29 is 36.9 Å². The van der Waals surface area contributed by atoms with Gasteiger partial charge in [-0.3, -0.25) is 4.79 Å². The Balaban J connectivity index is 0.934. The second-order valence-corrected chi connectivity index (χ2v) is 21.8. The maximum Gasteiger partial charge on any atom is 0.268 e. The van der Waals surface area contributed by atoms with Gasteiger partial charge in [-0.1, -0.05) is 45.0 Å². The number of hydrogen-bond acceptors (Lipinski definition) is 13. The molecule has 1 atom stereocenters. The van der Waals surface area contributed by atoms with Gasteiger partial charge in [-0.05, 0) is 110 Å². The van der Waals surface area contributed by atoms with E-state index in [1.807, 2.05) is 6.92 Å². The van der Waals surface area contributed by atoms with Gasteiger partial charge in [-0.15, -0.1) is 4.91 Å². The second-order valence-electron chi connectivity index (χ2n) is 20.1. The number of anilines is 2. The molecule has 1 aliphatic carbocycles. The fourth-order valence-electron chi connectivity index (χ4n) is 10.4. The van der Waals surface area contributed by atoms with Crippen molar-refractivity contribution in [2.45, 2.75) is 102 Å². The minimum absolute atomic E-state index is 0.00243. The average Bonchev–Trinajstić information content (AvgIpc) is 3.65. The average molecular weight is 938 g/mol. The number of rotatable bonds is 13. The van der Waals surface area contributed by atoms with Gasteiger partial charge in [0.15, 0.2) is 5.75 Å². The van der Waals surface area contributed by atoms with Crippen molar-refractivity contribution in [2.24, 2.45) is 16.5 Å². The van der Waals surface area contributed by atoms with E-state index >= 15 is 0 Å². The van der Waals surface area contributed by atoms with Crippen LogP contribution >= 0.6 is 0 Å². The second kappa shape index (κ2) is 18.0. The molecule has 5 aromatic rings. The number of ether oxygens (including phenoxy) is 3. The van der Waals surface area contributed by atoms with E-state index < -0.39 is 32.2 Å². The molecule has 0 bridgehead atoms. The van der Waals surface area contributed by atoms with Crippen molar-refractivity contribution >= 4 is 44.0 Å². The molecular weight excluding hydrogens is 878 g/mol. The SMILES string of the molecule is CCOc1nc2[nH]cc(F)c2cc1Oc1cc(N2CCC3(CC2)CN(CCc2ccccc2C(C)(C)C)C3)ccc1C(=O)NS(=O)(=O)c1cc(N=O)c2c(c1)OC[C@H]([C@H]1CC[C@](C)(O)CC1)N2. The third-order valence-electron chi connectivity index (χ3n) is 14.2. The van der Waals surface area contributed by atoms with E-state index in [2.05, 4.69) is 80.0 Å². The lowest BCUT2D eigenvalue weighted by molar-refractivity contribution is -0.0172.